The quantitative estimate of drug-likeness (QED) is 0.355. The number of aryl methyl sites for hydroxylation is 1. The molecule has 1 nitrogen and oxygen atoms in total. The summed E-state index contributed by atoms with van der Waals surface area (Å²) in [6.07, 6.45) is 2.88. The van der Waals surface area contributed by atoms with E-state index in [1.165, 1.54) is 11.6 Å². The molecule has 0 N–H and O–H groups in total. The van der Waals surface area contributed by atoms with E-state index in [4.69, 9.17) is 16.6 Å². The molecule has 1 heterocycles. The summed E-state index contributed by atoms with van der Waals surface area (Å²) in [4.78, 5) is 4.99. The fourth-order valence-corrected chi connectivity index (χ4v) is 4.31. The Morgan fingerprint density at radius 2 is 1.63 bits per heavy atom. The van der Waals surface area contributed by atoms with Crippen LogP contribution < -0.4 is 0 Å². The molecule has 0 atom stereocenters. The molecule has 0 amide bonds. The molecule has 0 fully saturated rings. The minimum Gasteiger partial charge on any atom is -0.247 e. The van der Waals surface area contributed by atoms with E-state index in [1.54, 1.807) is 6.07 Å². The summed E-state index contributed by atoms with van der Waals surface area (Å²) in [5.74, 6) is -0.218. The van der Waals surface area contributed by atoms with E-state index < -0.39 is 0 Å². The molecule has 5 rings (SSSR count). The van der Waals surface area contributed by atoms with Crippen LogP contribution in [0.3, 0.4) is 0 Å². The number of hydrogen-bond donors (Lipinski definition) is 0. The van der Waals surface area contributed by atoms with E-state index in [1.807, 2.05) is 36.4 Å². The Hall–Kier alpha value is -2.71. The number of halogens is 2. The molecule has 0 saturated heterocycles. The molecule has 0 bridgehead atoms. The molecule has 1 aliphatic rings. The first-order valence-corrected chi connectivity index (χ1v) is 9.55. The molecule has 0 spiro atoms. The summed E-state index contributed by atoms with van der Waals surface area (Å²) < 4.78 is 14.8. The van der Waals surface area contributed by atoms with Crippen LogP contribution in [-0.4, -0.2) is 4.98 Å². The second-order valence-corrected chi connectivity index (χ2v) is 7.40. The van der Waals surface area contributed by atoms with Gasteiger partial charge in [-0.25, -0.2) is 9.37 Å². The highest BCUT2D eigenvalue weighted by Gasteiger charge is 2.23. The largest absolute Gasteiger partial charge is 0.247 e. The molecular formula is C24H17ClFN. The van der Waals surface area contributed by atoms with Gasteiger partial charge < -0.3 is 0 Å². The van der Waals surface area contributed by atoms with Crippen LogP contribution in [-0.2, 0) is 12.8 Å². The van der Waals surface area contributed by atoms with Gasteiger partial charge in [0.2, 0.25) is 0 Å². The lowest BCUT2D eigenvalue weighted by Gasteiger charge is -2.17. The first kappa shape index (κ1) is 16.5. The van der Waals surface area contributed by atoms with E-state index in [0.29, 0.717) is 10.6 Å². The summed E-state index contributed by atoms with van der Waals surface area (Å²) in [7, 11) is 0. The standard InChI is InChI=1S/C24H17ClFN/c25-16-12-13-22-20(14-16)23(18-9-3-4-11-21(18)26)19-10-5-7-15-6-1-2-8-17(15)24(19)27-22/h1-4,6,8-9,11-14H,5,7,10H2. The van der Waals surface area contributed by atoms with Crippen LogP contribution in [0.25, 0.3) is 33.3 Å². The van der Waals surface area contributed by atoms with Crippen molar-refractivity contribution in [3.63, 3.8) is 0 Å². The number of rotatable bonds is 1. The van der Waals surface area contributed by atoms with Crippen molar-refractivity contribution in [2.24, 2.45) is 0 Å². The first-order chi connectivity index (χ1) is 13.2. The Bertz CT molecular complexity index is 1180. The van der Waals surface area contributed by atoms with Gasteiger partial charge in [0.1, 0.15) is 5.82 Å². The molecule has 0 aliphatic heterocycles. The smallest absolute Gasteiger partial charge is 0.131 e. The molecule has 27 heavy (non-hydrogen) atoms. The van der Waals surface area contributed by atoms with E-state index in [9.17, 15) is 4.39 Å². The molecule has 0 unspecified atom stereocenters. The topological polar surface area (TPSA) is 12.9 Å². The highest BCUT2D eigenvalue weighted by Crippen LogP contribution is 2.41. The predicted octanol–water partition coefficient (Wildman–Crippen LogP) is 6.85. The van der Waals surface area contributed by atoms with Gasteiger partial charge in [-0.3, -0.25) is 0 Å². The molecule has 0 radical (unpaired) electrons. The minimum absolute atomic E-state index is 0.218. The lowest BCUT2D eigenvalue weighted by molar-refractivity contribution is 0.631. The van der Waals surface area contributed by atoms with Gasteiger partial charge in [0.25, 0.3) is 0 Å². The number of fused-ring (bicyclic) bond motifs is 4. The molecular weight excluding hydrogens is 357 g/mol. The maximum atomic E-state index is 14.8. The van der Waals surface area contributed by atoms with Crippen molar-refractivity contribution in [1.82, 2.24) is 4.98 Å². The molecule has 1 aliphatic carbocycles. The van der Waals surface area contributed by atoms with Crippen molar-refractivity contribution in [1.29, 1.82) is 0 Å². The van der Waals surface area contributed by atoms with Crippen LogP contribution in [0, 0.1) is 5.82 Å². The van der Waals surface area contributed by atoms with Gasteiger partial charge in [-0.2, -0.15) is 0 Å². The van der Waals surface area contributed by atoms with Crippen molar-refractivity contribution < 1.29 is 4.39 Å². The van der Waals surface area contributed by atoms with Crippen LogP contribution in [0.5, 0.6) is 0 Å². The summed E-state index contributed by atoms with van der Waals surface area (Å²) in [6, 6.07) is 21.1. The van der Waals surface area contributed by atoms with Crippen molar-refractivity contribution >= 4 is 22.5 Å². The number of hydrogen-bond acceptors (Lipinski definition) is 1. The Kier molecular flexibility index (Phi) is 3.95. The second-order valence-electron chi connectivity index (χ2n) is 6.97. The summed E-state index contributed by atoms with van der Waals surface area (Å²) in [5.41, 5.74) is 6.91. The predicted molar refractivity (Wildman–Crippen MR) is 110 cm³/mol. The van der Waals surface area contributed by atoms with E-state index >= 15 is 0 Å². The maximum absolute atomic E-state index is 14.8. The summed E-state index contributed by atoms with van der Waals surface area (Å²) in [5, 5.41) is 1.54. The Morgan fingerprint density at radius 1 is 0.852 bits per heavy atom. The minimum atomic E-state index is -0.218. The van der Waals surface area contributed by atoms with Crippen LogP contribution in [0.4, 0.5) is 4.39 Å². The number of benzene rings is 3. The van der Waals surface area contributed by atoms with Crippen LogP contribution in [0.1, 0.15) is 17.5 Å². The van der Waals surface area contributed by atoms with Gasteiger partial charge >= 0.3 is 0 Å². The molecule has 1 aromatic heterocycles. The van der Waals surface area contributed by atoms with Gasteiger partial charge in [0.05, 0.1) is 11.2 Å². The zero-order valence-corrected chi connectivity index (χ0v) is 15.4. The average molecular weight is 374 g/mol. The fourth-order valence-electron chi connectivity index (χ4n) is 4.14. The van der Waals surface area contributed by atoms with Crippen molar-refractivity contribution in [3.05, 3.63) is 88.7 Å². The maximum Gasteiger partial charge on any atom is 0.131 e. The Morgan fingerprint density at radius 3 is 2.48 bits per heavy atom. The van der Waals surface area contributed by atoms with Gasteiger partial charge in [-0.1, -0.05) is 54.1 Å². The highest BCUT2D eigenvalue weighted by molar-refractivity contribution is 6.31. The zero-order valence-electron chi connectivity index (χ0n) is 14.7. The van der Waals surface area contributed by atoms with E-state index in [2.05, 4.69) is 18.2 Å². The molecule has 4 aromatic rings. The number of aromatic nitrogens is 1. The van der Waals surface area contributed by atoms with Crippen molar-refractivity contribution in [2.75, 3.05) is 0 Å². The van der Waals surface area contributed by atoms with Gasteiger partial charge in [-0.15, -0.1) is 0 Å². The lowest BCUT2D eigenvalue weighted by Crippen LogP contribution is -2.00. The molecule has 132 valence electrons. The van der Waals surface area contributed by atoms with Gasteiger partial charge in [0.15, 0.2) is 0 Å². The van der Waals surface area contributed by atoms with Crippen LogP contribution in [0.15, 0.2) is 66.7 Å². The van der Waals surface area contributed by atoms with Crippen molar-refractivity contribution in [3.8, 4) is 22.4 Å². The van der Waals surface area contributed by atoms with Crippen LogP contribution in [0.2, 0.25) is 5.02 Å². The van der Waals surface area contributed by atoms with E-state index in [-0.39, 0.29) is 5.82 Å². The number of nitrogens with zero attached hydrogens (tertiary/aromatic N) is 1. The lowest BCUT2D eigenvalue weighted by atomic mass is 9.90. The Labute approximate surface area is 162 Å². The average Bonchev–Trinajstić information content (AvgIpc) is 2.86. The Balaban J connectivity index is 1.95. The fraction of sp³-hybridized carbons (Fsp3) is 0.125. The van der Waals surface area contributed by atoms with E-state index in [0.717, 1.165) is 52.5 Å². The first-order valence-electron chi connectivity index (χ1n) is 9.18. The second kappa shape index (κ2) is 6.47. The number of pyridine rings is 1. The molecule has 3 aromatic carbocycles. The third kappa shape index (κ3) is 2.72. The molecule has 0 saturated carbocycles. The van der Waals surface area contributed by atoms with Crippen LogP contribution >= 0.6 is 11.6 Å². The third-order valence-electron chi connectivity index (χ3n) is 5.34. The van der Waals surface area contributed by atoms with Gasteiger partial charge in [-0.05, 0) is 60.2 Å². The SMILES string of the molecule is Fc1ccccc1-c1c2c(nc3ccc(Cl)cc13)-c1ccccc1CCC2. The normalized spacial score (nSPS) is 13.1. The van der Waals surface area contributed by atoms with Crippen molar-refractivity contribution in [2.45, 2.75) is 19.3 Å². The van der Waals surface area contributed by atoms with Gasteiger partial charge in [0, 0.05) is 21.5 Å². The zero-order chi connectivity index (χ0) is 18.4. The summed E-state index contributed by atoms with van der Waals surface area (Å²) in [6.45, 7) is 0. The molecule has 3 heteroatoms. The highest BCUT2D eigenvalue weighted by atomic mass is 35.5. The third-order valence-corrected chi connectivity index (χ3v) is 5.57. The monoisotopic (exact) mass is 373 g/mol. The summed E-state index contributed by atoms with van der Waals surface area (Å²) >= 11 is 6.29.